The lowest BCUT2D eigenvalue weighted by molar-refractivity contribution is -0.140. The highest BCUT2D eigenvalue weighted by molar-refractivity contribution is 7.92. The Hall–Kier alpha value is -4.45. The number of amides is 2. The largest absolute Gasteiger partial charge is 0.497 e. The Morgan fingerprint density at radius 1 is 0.837 bits per heavy atom. The molecule has 0 unspecified atom stereocenters. The first-order chi connectivity index (χ1) is 20.6. The summed E-state index contributed by atoms with van der Waals surface area (Å²) in [5.41, 5.74) is 0.982. The van der Waals surface area contributed by atoms with Gasteiger partial charge in [-0.1, -0.05) is 19.1 Å². The standard InChI is InChI=1S/C31H39N3O8S/c1-7-27(31(36)32-3)33(20-22-9-13-24(39-4)14-10-22)30(35)21-34(23-11-15-25(16-12-23)42-8-2)43(37,38)26-17-18-28(40-5)29(19-26)41-6/h9-19,27H,7-8,20-21H2,1-6H3,(H,32,36)/t27-/m1/s1. The summed E-state index contributed by atoms with van der Waals surface area (Å²) in [7, 11) is 1.59. The summed E-state index contributed by atoms with van der Waals surface area (Å²) in [4.78, 5) is 28.3. The lowest BCUT2D eigenvalue weighted by atomic mass is 10.1. The first kappa shape index (κ1) is 33.1. The third kappa shape index (κ3) is 7.89. The van der Waals surface area contributed by atoms with Gasteiger partial charge in [0.05, 0.1) is 38.5 Å². The Morgan fingerprint density at radius 3 is 2.00 bits per heavy atom. The number of likely N-dealkylation sites (N-methyl/N-ethyl adjacent to an activating group) is 1. The number of ether oxygens (including phenoxy) is 4. The molecule has 0 spiro atoms. The summed E-state index contributed by atoms with van der Waals surface area (Å²) in [5.74, 6) is 0.833. The first-order valence-corrected chi connectivity index (χ1v) is 15.2. The fourth-order valence-electron chi connectivity index (χ4n) is 4.52. The van der Waals surface area contributed by atoms with Gasteiger partial charge in [-0.25, -0.2) is 8.42 Å². The molecule has 3 aromatic carbocycles. The molecule has 12 heteroatoms. The van der Waals surface area contributed by atoms with Crippen molar-refractivity contribution in [2.75, 3.05) is 45.8 Å². The highest BCUT2D eigenvalue weighted by Crippen LogP contribution is 2.33. The van der Waals surface area contributed by atoms with Crippen LogP contribution >= 0.6 is 0 Å². The zero-order valence-corrected chi connectivity index (χ0v) is 26.1. The van der Waals surface area contributed by atoms with Crippen LogP contribution in [0.25, 0.3) is 0 Å². The number of carbonyl (C=O) groups is 2. The summed E-state index contributed by atoms with van der Waals surface area (Å²) in [6.07, 6.45) is 0.313. The van der Waals surface area contributed by atoms with E-state index < -0.39 is 28.5 Å². The smallest absolute Gasteiger partial charge is 0.264 e. The molecule has 232 valence electrons. The zero-order valence-electron chi connectivity index (χ0n) is 25.3. The van der Waals surface area contributed by atoms with Gasteiger partial charge in [-0.15, -0.1) is 0 Å². The molecule has 0 heterocycles. The van der Waals surface area contributed by atoms with Gasteiger partial charge in [0.25, 0.3) is 10.0 Å². The third-order valence-electron chi connectivity index (χ3n) is 6.80. The summed E-state index contributed by atoms with van der Waals surface area (Å²) >= 11 is 0. The fourth-order valence-corrected chi connectivity index (χ4v) is 5.95. The maximum atomic E-state index is 14.2. The van der Waals surface area contributed by atoms with Gasteiger partial charge in [0, 0.05) is 19.7 Å². The van der Waals surface area contributed by atoms with Crippen LogP contribution in [0, 0.1) is 0 Å². The molecule has 0 aliphatic carbocycles. The molecular formula is C31H39N3O8S. The molecule has 3 aromatic rings. The van der Waals surface area contributed by atoms with E-state index in [1.165, 1.54) is 44.4 Å². The van der Waals surface area contributed by atoms with Crippen LogP contribution in [0.2, 0.25) is 0 Å². The number of nitrogens with one attached hydrogen (secondary N) is 1. The molecule has 0 aliphatic rings. The zero-order chi connectivity index (χ0) is 31.6. The third-order valence-corrected chi connectivity index (χ3v) is 8.57. The quantitative estimate of drug-likeness (QED) is 0.274. The van der Waals surface area contributed by atoms with Crippen molar-refractivity contribution in [2.45, 2.75) is 37.8 Å². The van der Waals surface area contributed by atoms with Gasteiger partial charge < -0.3 is 29.2 Å². The fraction of sp³-hybridized carbons (Fsp3) is 0.355. The van der Waals surface area contributed by atoms with Gasteiger partial charge in [-0.2, -0.15) is 0 Å². The van der Waals surface area contributed by atoms with Crippen LogP contribution in [0.1, 0.15) is 25.8 Å². The van der Waals surface area contributed by atoms with E-state index in [4.69, 9.17) is 18.9 Å². The van der Waals surface area contributed by atoms with Crippen molar-refractivity contribution in [2.24, 2.45) is 0 Å². The van der Waals surface area contributed by atoms with Crippen molar-refractivity contribution in [1.82, 2.24) is 10.2 Å². The molecule has 0 saturated carbocycles. The SMILES string of the molecule is CCOc1ccc(N(CC(=O)N(Cc2ccc(OC)cc2)[C@H](CC)C(=O)NC)S(=O)(=O)c2ccc(OC)c(OC)c2)cc1. The molecule has 2 amide bonds. The van der Waals surface area contributed by atoms with Gasteiger partial charge in [0.2, 0.25) is 11.8 Å². The van der Waals surface area contributed by atoms with Crippen molar-refractivity contribution in [3.05, 3.63) is 72.3 Å². The minimum atomic E-state index is -4.31. The number of rotatable bonds is 15. The molecule has 0 saturated heterocycles. The molecule has 0 bridgehead atoms. The molecule has 43 heavy (non-hydrogen) atoms. The summed E-state index contributed by atoms with van der Waals surface area (Å²) < 4.78 is 50.7. The lowest BCUT2D eigenvalue weighted by Crippen LogP contribution is -2.51. The number of nitrogens with zero attached hydrogens (tertiary/aromatic N) is 2. The van der Waals surface area contributed by atoms with Gasteiger partial charge in [0.15, 0.2) is 11.5 Å². The molecule has 1 N–H and O–H groups in total. The van der Waals surface area contributed by atoms with E-state index in [1.807, 2.05) is 6.92 Å². The van der Waals surface area contributed by atoms with Crippen molar-refractivity contribution in [1.29, 1.82) is 0 Å². The Morgan fingerprint density at radius 2 is 1.47 bits per heavy atom. The minimum Gasteiger partial charge on any atom is -0.497 e. The van der Waals surface area contributed by atoms with Crippen LogP contribution in [-0.2, 0) is 26.2 Å². The Bertz CT molecular complexity index is 1480. The Labute approximate surface area is 253 Å². The van der Waals surface area contributed by atoms with Gasteiger partial charge in [-0.05, 0) is 67.4 Å². The number of sulfonamides is 1. The average Bonchev–Trinajstić information content (AvgIpc) is 3.03. The van der Waals surface area contributed by atoms with E-state index in [1.54, 1.807) is 62.6 Å². The van der Waals surface area contributed by atoms with Crippen molar-refractivity contribution in [3.8, 4) is 23.0 Å². The lowest BCUT2D eigenvalue weighted by Gasteiger charge is -2.33. The second-order valence-corrected chi connectivity index (χ2v) is 11.2. The Balaban J connectivity index is 2.09. The van der Waals surface area contributed by atoms with Crippen LogP contribution in [0.15, 0.2) is 71.6 Å². The number of carbonyl (C=O) groups excluding carboxylic acids is 2. The minimum absolute atomic E-state index is 0.0717. The van der Waals surface area contributed by atoms with E-state index in [0.717, 1.165) is 9.87 Å². The van der Waals surface area contributed by atoms with Gasteiger partial charge in [-0.3, -0.25) is 13.9 Å². The van der Waals surface area contributed by atoms with E-state index in [-0.39, 0.29) is 28.8 Å². The molecule has 3 rings (SSSR count). The summed E-state index contributed by atoms with van der Waals surface area (Å²) in [6, 6.07) is 16.9. The normalized spacial score (nSPS) is 11.7. The van der Waals surface area contributed by atoms with Crippen LogP contribution in [-0.4, -0.2) is 72.7 Å². The predicted octanol–water partition coefficient (Wildman–Crippen LogP) is 3.86. The highest BCUT2D eigenvalue weighted by Gasteiger charge is 2.34. The molecule has 11 nitrogen and oxygen atoms in total. The number of anilines is 1. The molecular weight excluding hydrogens is 574 g/mol. The van der Waals surface area contributed by atoms with E-state index >= 15 is 0 Å². The average molecular weight is 614 g/mol. The Kier molecular flexibility index (Phi) is 11.6. The molecule has 0 fully saturated rings. The summed E-state index contributed by atoms with van der Waals surface area (Å²) in [5, 5.41) is 2.61. The van der Waals surface area contributed by atoms with Crippen LogP contribution in [0.3, 0.4) is 0 Å². The van der Waals surface area contributed by atoms with E-state index in [0.29, 0.717) is 30.3 Å². The van der Waals surface area contributed by atoms with Gasteiger partial charge >= 0.3 is 0 Å². The first-order valence-electron chi connectivity index (χ1n) is 13.7. The number of hydrogen-bond acceptors (Lipinski definition) is 8. The van der Waals surface area contributed by atoms with Crippen molar-refractivity contribution >= 4 is 27.5 Å². The second-order valence-electron chi connectivity index (χ2n) is 9.36. The van der Waals surface area contributed by atoms with Crippen molar-refractivity contribution in [3.63, 3.8) is 0 Å². The predicted molar refractivity (Wildman–Crippen MR) is 163 cm³/mol. The number of methoxy groups -OCH3 is 3. The maximum Gasteiger partial charge on any atom is 0.264 e. The summed E-state index contributed by atoms with van der Waals surface area (Å²) in [6.45, 7) is 3.56. The monoisotopic (exact) mass is 613 g/mol. The maximum absolute atomic E-state index is 14.2. The molecule has 0 aromatic heterocycles. The van der Waals surface area contributed by atoms with Crippen LogP contribution in [0.5, 0.6) is 23.0 Å². The molecule has 0 radical (unpaired) electrons. The van der Waals surface area contributed by atoms with Crippen molar-refractivity contribution < 1.29 is 37.0 Å². The van der Waals surface area contributed by atoms with Crippen LogP contribution in [0.4, 0.5) is 5.69 Å². The van der Waals surface area contributed by atoms with E-state index in [9.17, 15) is 18.0 Å². The molecule has 0 aliphatic heterocycles. The topological polar surface area (TPSA) is 124 Å². The van der Waals surface area contributed by atoms with Gasteiger partial charge in [0.1, 0.15) is 24.1 Å². The number of benzene rings is 3. The highest BCUT2D eigenvalue weighted by atomic mass is 32.2. The number of hydrogen-bond donors (Lipinski definition) is 1. The molecule has 1 atom stereocenters. The van der Waals surface area contributed by atoms with Crippen LogP contribution < -0.4 is 28.6 Å². The second kappa shape index (κ2) is 15.1. The van der Waals surface area contributed by atoms with E-state index in [2.05, 4.69) is 5.32 Å².